The van der Waals surface area contributed by atoms with Gasteiger partial charge in [-0.15, -0.1) is 0 Å². The lowest BCUT2D eigenvalue weighted by atomic mass is 10.1. The van der Waals surface area contributed by atoms with Crippen molar-refractivity contribution in [1.82, 2.24) is 0 Å². The first-order valence-corrected chi connectivity index (χ1v) is 8.34. The quantitative estimate of drug-likeness (QED) is 0.615. The van der Waals surface area contributed by atoms with Gasteiger partial charge in [0.25, 0.3) is 0 Å². The molecule has 0 saturated carbocycles. The number of ether oxygens (including phenoxy) is 1. The summed E-state index contributed by atoms with van der Waals surface area (Å²) < 4.78 is 4.97. The van der Waals surface area contributed by atoms with Crippen LogP contribution in [0.5, 0.6) is 0 Å². The Morgan fingerprint density at radius 3 is 2.19 bits per heavy atom. The zero-order valence-corrected chi connectivity index (χ0v) is 15.1. The van der Waals surface area contributed by atoms with Gasteiger partial charge in [-0.25, -0.2) is 4.79 Å². The van der Waals surface area contributed by atoms with Crippen LogP contribution in [-0.2, 0) is 14.3 Å². The minimum atomic E-state index is -0.525. The molecule has 2 amide bonds. The van der Waals surface area contributed by atoms with Gasteiger partial charge in [0.15, 0.2) is 0 Å². The summed E-state index contributed by atoms with van der Waals surface area (Å²) in [6.45, 7) is 5.79. The van der Waals surface area contributed by atoms with Gasteiger partial charge in [-0.2, -0.15) is 0 Å². The van der Waals surface area contributed by atoms with E-state index in [0.717, 1.165) is 11.1 Å². The molecule has 0 radical (unpaired) electrons. The predicted octanol–water partition coefficient (Wildman–Crippen LogP) is 3.45. The number of hydrogen-bond donors (Lipinski definition) is 2. The first-order valence-electron chi connectivity index (χ1n) is 8.34. The fourth-order valence-corrected chi connectivity index (χ4v) is 2.40. The highest BCUT2D eigenvalue weighted by Crippen LogP contribution is 2.19. The Hall–Kier alpha value is -3.15. The zero-order valence-electron chi connectivity index (χ0n) is 15.1. The lowest BCUT2D eigenvalue weighted by Crippen LogP contribution is -2.23. The minimum Gasteiger partial charge on any atom is -0.462 e. The molecule has 2 N–H and O–H groups in total. The summed E-state index contributed by atoms with van der Waals surface area (Å²) >= 11 is 0. The molecular weight excluding hydrogens is 332 g/mol. The number of carbonyl (C=O) groups is 3. The van der Waals surface area contributed by atoms with Crippen LogP contribution >= 0.6 is 0 Å². The molecule has 0 unspecified atom stereocenters. The lowest BCUT2D eigenvalue weighted by Gasteiger charge is -2.12. The predicted molar refractivity (Wildman–Crippen MR) is 100 cm³/mol. The molecule has 0 spiro atoms. The first-order chi connectivity index (χ1) is 12.4. The normalized spacial score (nSPS) is 10.1. The van der Waals surface area contributed by atoms with Crippen molar-refractivity contribution in [1.29, 1.82) is 0 Å². The van der Waals surface area contributed by atoms with E-state index < -0.39 is 17.8 Å². The van der Waals surface area contributed by atoms with Gasteiger partial charge < -0.3 is 15.4 Å². The summed E-state index contributed by atoms with van der Waals surface area (Å²) in [6.07, 6.45) is -0.357. The number of benzene rings is 2. The van der Waals surface area contributed by atoms with E-state index >= 15 is 0 Å². The van der Waals surface area contributed by atoms with Gasteiger partial charge in [-0.05, 0) is 50.1 Å². The average Bonchev–Trinajstić information content (AvgIpc) is 2.59. The number of esters is 1. The van der Waals surface area contributed by atoms with Crippen molar-refractivity contribution < 1.29 is 19.1 Å². The molecule has 6 nitrogen and oxygen atoms in total. The summed E-state index contributed by atoms with van der Waals surface area (Å²) in [7, 11) is 0. The molecule has 0 aliphatic carbocycles. The van der Waals surface area contributed by atoms with Crippen LogP contribution in [0.25, 0.3) is 0 Å². The van der Waals surface area contributed by atoms with Crippen molar-refractivity contribution in [3.8, 4) is 0 Å². The largest absolute Gasteiger partial charge is 0.462 e. The molecule has 0 saturated heterocycles. The van der Waals surface area contributed by atoms with E-state index in [2.05, 4.69) is 10.6 Å². The molecule has 0 aromatic heterocycles. The van der Waals surface area contributed by atoms with Gasteiger partial charge >= 0.3 is 5.97 Å². The van der Waals surface area contributed by atoms with E-state index in [1.807, 2.05) is 26.0 Å². The summed E-state index contributed by atoms with van der Waals surface area (Å²) in [4.78, 5) is 36.2. The SMILES string of the molecule is CCOC(=O)c1ccccc1NC(=O)CC(=O)Nc1cccc(C)c1C. The number of rotatable bonds is 6. The van der Waals surface area contributed by atoms with Crippen LogP contribution in [0.15, 0.2) is 42.5 Å². The van der Waals surface area contributed by atoms with E-state index in [1.54, 1.807) is 37.3 Å². The number of nitrogens with one attached hydrogen (secondary N) is 2. The molecule has 26 heavy (non-hydrogen) atoms. The molecule has 136 valence electrons. The Balaban J connectivity index is 2.02. The highest BCUT2D eigenvalue weighted by Gasteiger charge is 2.16. The maximum Gasteiger partial charge on any atom is 0.340 e. The van der Waals surface area contributed by atoms with Crippen molar-refractivity contribution in [3.05, 3.63) is 59.2 Å². The van der Waals surface area contributed by atoms with Crippen molar-refractivity contribution in [3.63, 3.8) is 0 Å². The average molecular weight is 354 g/mol. The topological polar surface area (TPSA) is 84.5 Å². The lowest BCUT2D eigenvalue weighted by molar-refractivity contribution is -0.123. The maximum atomic E-state index is 12.2. The standard InChI is InChI=1S/C20H22N2O4/c1-4-26-20(25)15-9-5-6-10-17(15)22-19(24)12-18(23)21-16-11-7-8-13(2)14(16)3/h5-11H,4,12H2,1-3H3,(H,21,23)(H,22,24). The third-order valence-electron chi connectivity index (χ3n) is 3.90. The third-order valence-corrected chi connectivity index (χ3v) is 3.90. The highest BCUT2D eigenvalue weighted by atomic mass is 16.5. The van der Waals surface area contributed by atoms with Crippen molar-refractivity contribution in [2.24, 2.45) is 0 Å². The molecule has 0 atom stereocenters. The summed E-state index contributed by atoms with van der Waals surface area (Å²) in [5.41, 5.74) is 3.24. The fraction of sp³-hybridized carbons (Fsp3) is 0.250. The van der Waals surface area contributed by atoms with Crippen LogP contribution in [-0.4, -0.2) is 24.4 Å². The van der Waals surface area contributed by atoms with Crippen LogP contribution in [0.3, 0.4) is 0 Å². The number of amides is 2. The molecule has 0 heterocycles. The summed E-state index contributed by atoms with van der Waals surface area (Å²) in [5.74, 6) is -1.46. The molecule has 6 heteroatoms. The molecule has 0 fully saturated rings. The number of anilines is 2. The summed E-state index contributed by atoms with van der Waals surface area (Å²) in [6, 6.07) is 12.1. The summed E-state index contributed by atoms with van der Waals surface area (Å²) in [5, 5.41) is 5.33. The Bertz CT molecular complexity index is 830. The number of para-hydroxylation sites is 1. The van der Waals surface area contributed by atoms with Crippen LogP contribution in [0.1, 0.15) is 34.8 Å². The van der Waals surface area contributed by atoms with Crippen molar-refractivity contribution in [2.75, 3.05) is 17.2 Å². The second-order valence-electron chi connectivity index (χ2n) is 5.79. The van der Waals surface area contributed by atoms with Gasteiger partial charge in [-0.1, -0.05) is 24.3 Å². The fourth-order valence-electron chi connectivity index (χ4n) is 2.40. The Morgan fingerprint density at radius 2 is 1.50 bits per heavy atom. The molecule has 2 rings (SSSR count). The number of carbonyl (C=O) groups excluding carboxylic acids is 3. The Morgan fingerprint density at radius 1 is 0.885 bits per heavy atom. The van der Waals surface area contributed by atoms with Gasteiger partial charge in [0.2, 0.25) is 11.8 Å². The number of hydrogen-bond acceptors (Lipinski definition) is 4. The zero-order chi connectivity index (χ0) is 19.1. The third kappa shape index (κ3) is 4.92. The molecule has 2 aromatic carbocycles. The Labute approximate surface area is 152 Å². The van der Waals surface area contributed by atoms with Gasteiger partial charge in [0.05, 0.1) is 17.9 Å². The molecule has 0 aliphatic rings. The second-order valence-corrected chi connectivity index (χ2v) is 5.79. The van der Waals surface area contributed by atoms with E-state index in [4.69, 9.17) is 4.74 Å². The van der Waals surface area contributed by atoms with E-state index in [1.165, 1.54) is 0 Å². The minimum absolute atomic E-state index is 0.235. The van der Waals surface area contributed by atoms with E-state index in [-0.39, 0.29) is 18.6 Å². The van der Waals surface area contributed by atoms with Gasteiger partial charge in [0, 0.05) is 5.69 Å². The first kappa shape index (κ1) is 19.2. The molecule has 2 aromatic rings. The van der Waals surface area contributed by atoms with Crippen LogP contribution in [0.2, 0.25) is 0 Å². The van der Waals surface area contributed by atoms with Crippen molar-refractivity contribution in [2.45, 2.75) is 27.2 Å². The smallest absolute Gasteiger partial charge is 0.340 e. The van der Waals surface area contributed by atoms with Gasteiger partial charge in [-0.3, -0.25) is 9.59 Å². The molecule has 0 aliphatic heterocycles. The van der Waals surface area contributed by atoms with Crippen LogP contribution in [0, 0.1) is 13.8 Å². The van der Waals surface area contributed by atoms with Gasteiger partial charge in [0.1, 0.15) is 6.42 Å². The van der Waals surface area contributed by atoms with E-state index in [9.17, 15) is 14.4 Å². The maximum absolute atomic E-state index is 12.2. The Kier molecular flexibility index (Phi) is 6.49. The van der Waals surface area contributed by atoms with E-state index in [0.29, 0.717) is 11.4 Å². The molecule has 0 bridgehead atoms. The van der Waals surface area contributed by atoms with Crippen LogP contribution < -0.4 is 10.6 Å². The monoisotopic (exact) mass is 354 g/mol. The van der Waals surface area contributed by atoms with Crippen LogP contribution in [0.4, 0.5) is 11.4 Å². The highest BCUT2D eigenvalue weighted by molar-refractivity contribution is 6.10. The second kappa shape index (κ2) is 8.80. The number of aryl methyl sites for hydroxylation is 1. The van der Waals surface area contributed by atoms with Crippen molar-refractivity contribution >= 4 is 29.2 Å². The molecular formula is C20H22N2O4.